The molecule has 3 rings (SSSR count). The monoisotopic (exact) mass is 258 g/mol. The van der Waals surface area contributed by atoms with Gasteiger partial charge in [0.25, 0.3) is 0 Å². The lowest BCUT2D eigenvalue weighted by Gasteiger charge is -2.24. The zero-order chi connectivity index (χ0) is 13.6. The summed E-state index contributed by atoms with van der Waals surface area (Å²) in [6.45, 7) is 6.44. The van der Waals surface area contributed by atoms with Crippen molar-refractivity contribution >= 4 is 5.91 Å². The average Bonchev–Trinajstić information content (AvgIpc) is 2.99. The molecule has 0 spiro atoms. The molecule has 0 radical (unpaired) electrons. The minimum Gasteiger partial charge on any atom is -0.318 e. The van der Waals surface area contributed by atoms with Crippen molar-refractivity contribution in [2.45, 2.75) is 45.4 Å². The predicted octanol–water partition coefficient (Wildman–Crippen LogP) is 2.55. The number of rotatable bonds is 3. The Labute approximate surface area is 115 Å². The molecule has 3 nitrogen and oxygen atoms in total. The quantitative estimate of drug-likeness (QED) is 0.903. The standard InChI is InChI=1S/C16H22N2O/c1-10(2)14-16(19)18(13-9-11(13)3)15(17-14)12-7-5-4-6-8-12/h4-8,10-11,13-15,17H,9H2,1-3H3. The van der Waals surface area contributed by atoms with Crippen molar-refractivity contribution in [3.8, 4) is 0 Å². The molecule has 4 atom stereocenters. The molecule has 2 aliphatic rings. The maximum absolute atomic E-state index is 12.6. The smallest absolute Gasteiger partial charge is 0.241 e. The van der Waals surface area contributed by atoms with Crippen LogP contribution in [0.2, 0.25) is 0 Å². The highest BCUT2D eigenvalue weighted by Gasteiger charge is 2.50. The Morgan fingerprint density at radius 3 is 2.42 bits per heavy atom. The lowest BCUT2D eigenvalue weighted by Crippen LogP contribution is -2.35. The molecule has 1 aromatic rings. The maximum atomic E-state index is 12.6. The van der Waals surface area contributed by atoms with Gasteiger partial charge in [-0.2, -0.15) is 0 Å². The molecule has 1 aromatic carbocycles. The van der Waals surface area contributed by atoms with E-state index in [0.29, 0.717) is 17.9 Å². The van der Waals surface area contributed by atoms with Crippen molar-refractivity contribution in [2.75, 3.05) is 0 Å². The SMILES string of the molecule is CC(C)C1NC(c2ccccc2)N(C2CC2C)C1=O. The first-order chi connectivity index (χ1) is 9.09. The van der Waals surface area contributed by atoms with Gasteiger partial charge in [-0.05, 0) is 23.8 Å². The molecular weight excluding hydrogens is 236 g/mol. The van der Waals surface area contributed by atoms with E-state index in [0.717, 1.165) is 6.42 Å². The van der Waals surface area contributed by atoms with Crippen LogP contribution in [0.4, 0.5) is 0 Å². The second kappa shape index (κ2) is 4.64. The molecule has 2 fully saturated rings. The summed E-state index contributed by atoms with van der Waals surface area (Å²) in [5, 5.41) is 3.52. The van der Waals surface area contributed by atoms with Crippen LogP contribution in [0, 0.1) is 11.8 Å². The van der Waals surface area contributed by atoms with Crippen LogP contribution in [0.1, 0.15) is 38.9 Å². The number of benzene rings is 1. The predicted molar refractivity (Wildman–Crippen MR) is 75.4 cm³/mol. The summed E-state index contributed by atoms with van der Waals surface area (Å²) in [6, 6.07) is 10.7. The second-order valence-electron chi connectivity index (χ2n) is 6.23. The van der Waals surface area contributed by atoms with Crippen LogP contribution in [-0.4, -0.2) is 22.9 Å². The van der Waals surface area contributed by atoms with Gasteiger partial charge >= 0.3 is 0 Å². The van der Waals surface area contributed by atoms with E-state index in [1.165, 1.54) is 5.56 Å². The third-order valence-corrected chi connectivity index (χ3v) is 4.34. The molecule has 1 saturated heterocycles. The van der Waals surface area contributed by atoms with E-state index in [-0.39, 0.29) is 18.1 Å². The fourth-order valence-electron chi connectivity index (χ4n) is 3.02. The van der Waals surface area contributed by atoms with E-state index in [4.69, 9.17) is 0 Å². The molecular formula is C16H22N2O. The average molecular weight is 258 g/mol. The van der Waals surface area contributed by atoms with Crippen molar-refractivity contribution < 1.29 is 4.79 Å². The van der Waals surface area contributed by atoms with Gasteiger partial charge in [-0.15, -0.1) is 0 Å². The fourth-order valence-corrected chi connectivity index (χ4v) is 3.02. The van der Waals surface area contributed by atoms with Crippen molar-refractivity contribution in [1.29, 1.82) is 0 Å². The third kappa shape index (κ3) is 2.16. The van der Waals surface area contributed by atoms with Crippen LogP contribution >= 0.6 is 0 Å². The van der Waals surface area contributed by atoms with Gasteiger partial charge in [-0.1, -0.05) is 51.1 Å². The molecule has 1 aliphatic heterocycles. The Bertz CT molecular complexity index is 471. The Balaban J connectivity index is 1.91. The molecule has 1 heterocycles. The van der Waals surface area contributed by atoms with E-state index >= 15 is 0 Å². The van der Waals surface area contributed by atoms with Gasteiger partial charge in [0.1, 0.15) is 6.17 Å². The van der Waals surface area contributed by atoms with Gasteiger partial charge in [0.2, 0.25) is 5.91 Å². The Hall–Kier alpha value is -1.35. The van der Waals surface area contributed by atoms with Gasteiger partial charge in [-0.3, -0.25) is 10.1 Å². The molecule has 1 N–H and O–H groups in total. The van der Waals surface area contributed by atoms with Gasteiger partial charge < -0.3 is 4.90 Å². The van der Waals surface area contributed by atoms with Gasteiger partial charge in [-0.25, -0.2) is 0 Å². The maximum Gasteiger partial charge on any atom is 0.241 e. The number of carbonyl (C=O) groups is 1. The van der Waals surface area contributed by atoms with Crippen molar-refractivity contribution in [3.05, 3.63) is 35.9 Å². The highest BCUT2D eigenvalue weighted by atomic mass is 16.2. The number of nitrogens with zero attached hydrogens (tertiary/aromatic N) is 1. The lowest BCUT2D eigenvalue weighted by atomic mass is 10.1. The molecule has 1 saturated carbocycles. The van der Waals surface area contributed by atoms with Crippen LogP contribution in [0.3, 0.4) is 0 Å². The fraction of sp³-hybridized carbons (Fsp3) is 0.562. The number of hydrogen-bond acceptors (Lipinski definition) is 2. The van der Waals surface area contributed by atoms with E-state index in [1.54, 1.807) is 0 Å². The zero-order valence-electron chi connectivity index (χ0n) is 11.8. The largest absolute Gasteiger partial charge is 0.318 e. The van der Waals surface area contributed by atoms with E-state index in [2.05, 4.69) is 43.1 Å². The summed E-state index contributed by atoms with van der Waals surface area (Å²) >= 11 is 0. The van der Waals surface area contributed by atoms with Crippen LogP contribution in [0.25, 0.3) is 0 Å². The molecule has 1 aliphatic carbocycles. The summed E-state index contributed by atoms with van der Waals surface area (Å²) in [7, 11) is 0. The highest BCUT2D eigenvalue weighted by molar-refractivity contribution is 5.85. The zero-order valence-corrected chi connectivity index (χ0v) is 11.8. The van der Waals surface area contributed by atoms with Crippen molar-refractivity contribution in [3.63, 3.8) is 0 Å². The minimum absolute atomic E-state index is 0.0435. The van der Waals surface area contributed by atoms with E-state index < -0.39 is 0 Å². The van der Waals surface area contributed by atoms with Crippen molar-refractivity contribution in [1.82, 2.24) is 10.2 Å². The van der Waals surface area contributed by atoms with Gasteiger partial charge in [0.15, 0.2) is 0 Å². The number of amides is 1. The molecule has 3 heteroatoms. The summed E-state index contributed by atoms with van der Waals surface area (Å²) in [4.78, 5) is 14.7. The van der Waals surface area contributed by atoms with Crippen LogP contribution in [-0.2, 0) is 4.79 Å². The normalized spacial score (nSPS) is 34.1. The van der Waals surface area contributed by atoms with Crippen LogP contribution in [0.5, 0.6) is 0 Å². The van der Waals surface area contributed by atoms with Gasteiger partial charge in [0, 0.05) is 6.04 Å². The highest BCUT2D eigenvalue weighted by Crippen LogP contribution is 2.42. The first-order valence-electron chi connectivity index (χ1n) is 7.22. The number of hydrogen-bond donors (Lipinski definition) is 1. The summed E-state index contributed by atoms with van der Waals surface area (Å²) < 4.78 is 0. The third-order valence-electron chi connectivity index (χ3n) is 4.34. The molecule has 4 unspecified atom stereocenters. The molecule has 0 bridgehead atoms. The number of nitrogens with one attached hydrogen (secondary N) is 1. The molecule has 19 heavy (non-hydrogen) atoms. The molecule has 1 amide bonds. The Morgan fingerprint density at radius 2 is 1.89 bits per heavy atom. The lowest BCUT2D eigenvalue weighted by molar-refractivity contribution is -0.131. The molecule has 102 valence electrons. The van der Waals surface area contributed by atoms with Crippen LogP contribution in [0.15, 0.2) is 30.3 Å². The Morgan fingerprint density at radius 1 is 1.26 bits per heavy atom. The van der Waals surface area contributed by atoms with E-state index in [9.17, 15) is 4.79 Å². The summed E-state index contributed by atoms with van der Waals surface area (Å²) in [5.41, 5.74) is 1.19. The van der Waals surface area contributed by atoms with E-state index in [1.807, 2.05) is 18.2 Å². The first kappa shape index (κ1) is 12.7. The minimum atomic E-state index is -0.0435. The van der Waals surface area contributed by atoms with Crippen molar-refractivity contribution in [2.24, 2.45) is 11.8 Å². The summed E-state index contributed by atoms with van der Waals surface area (Å²) in [6.07, 6.45) is 1.19. The summed E-state index contributed by atoms with van der Waals surface area (Å²) in [5.74, 6) is 1.25. The topological polar surface area (TPSA) is 32.3 Å². The molecule has 0 aromatic heterocycles. The number of carbonyl (C=O) groups excluding carboxylic acids is 1. The Kier molecular flexibility index (Phi) is 3.09. The van der Waals surface area contributed by atoms with Crippen LogP contribution < -0.4 is 5.32 Å². The first-order valence-corrected chi connectivity index (χ1v) is 7.22. The second-order valence-corrected chi connectivity index (χ2v) is 6.23. The van der Waals surface area contributed by atoms with Gasteiger partial charge in [0.05, 0.1) is 6.04 Å².